The van der Waals surface area contributed by atoms with E-state index in [1.807, 2.05) is 48.5 Å². The second kappa shape index (κ2) is 14.1. The molecular formula is C52H35N3O. The monoisotopic (exact) mass is 717 g/mol. The summed E-state index contributed by atoms with van der Waals surface area (Å²) in [5.74, 6) is 1.79. The van der Waals surface area contributed by atoms with Crippen molar-refractivity contribution < 1.29 is 4.42 Å². The molecule has 4 heteroatoms. The first-order chi connectivity index (χ1) is 27.6. The van der Waals surface area contributed by atoms with Gasteiger partial charge in [0, 0.05) is 27.5 Å². The molecule has 0 amide bonds. The van der Waals surface area contributed by atoms with Crippen LogP contribution in [0, 0.1) is 6.92 Å². The van der Waals surface area contributed by atoms with Crippen LogP contribution in [0.2, 0.25) is 0 Å². The topological polar surface area (TPSA) is 51.8 Å². The van der Waals surface area contributed by atoms with Gasteiger partial charge in [0.1, 0.15) is 11.2 Å². The molecule has 0 aliphatic carbocycles. The molecule has 0 unspecified atom stereocenters. The van der Waals surface area contributed by atoms with Gasteiger partial charge in [-0.25, -0.2) is 15.0 Å². The van der Waals surface area contributed by atoms with E-state index in [4.69, 9.17) is 19.4 Å². The van der Waals surface area contributed by atoms with Crippen LogP contribution in [-0.2, 0) is 0 Å². The molecule has 0 spiro atoms. The molecule has 0 aliphatic heterocycles. The molecule has 56 heavy (non-hydrogen) atoms. The number of nitrogens with zero attached hydrogens (tertiary/aromatic N) is 3. The minimum atomic E-state index is 0.578. The SMILES string of the molecule is Cc1ccc(-c2ccc(-c3nc(-c4ccccc4)nc(-c4cc5oc6cccc(-c7ccc(-c8ccccc8)cc7)c6c5cc4-c4ccccc4)n3)cc2)cc1. The van der Waals surface area contributed by atoms with Crippen molar-refractivity contribution in [2.45, 2.75) is 6.92 Å². The average Bonchev–Trinajstić information content (AvgIpc) is 3.65. The summed E-state index contributed by atoms with van der Waals surface area (Å²) in [7, 11) is 0. The molecule has 10 aromatic rings. The third kappa shape index (κ3) is 6.23. The number of rotatable bonds is 7. The molecule has 0 N–H and O–H groups in total. The maximum atomic E-state index is 6.68. The van der Waals surface area contributed by atoms with Gasteiger partial charge in [-0.3, -0.25) is 0 Å². The smallest absolute Gasteiger partial charge is 0.164 e. The van der Waals surface area contributed by atoms with Gasteiger partial charge >= 0.3 is 0 Å². The quantitative estimate of drug-likeness (QED) is 0.165. The summed E-state index contributed by atoms with van der Waals surface area (Å²) in [6.07, 6.45) is 0. The second-order valence-electron chi connectivity index (χ2n) is 14.1. The molecular weight excluding hydrogens is 683 g/mol. The third-order valence-electron chi connectivity index (χ3n) is 10.5. The molecule has 8 aromatic carbocycles. The van der Waals surface area contributed by atoms with Crippen LogP contribution in [0.25, 0.3) is 101 Å². The minimum absolute atomic E-state index is 0.578. The average molecular weight is 718 g/mol. The van der Waals surface area contributed by atoms with E-state index in [1.54, 1.807) is 0 Å². The molecule has 0 fully saturated rings. The van der Waals surface area contributed by atoms with Crippen LogP contribution in [-0.4, -0.2) is 15.0 Å². The number of hydrogen-bond acceptors (Lipinski definition) is 4. The Balaban J connectivity index is 1.15. The van der Waals surface area contributed by atoms with Gasteiger partial charge in [0.15, 0.2) is 17.5 Å². The van der Waals surface area contributed by atoms with Crippen LogP contribution >= 0.6 is 0 Å². The molecule has 4 nitrogen and oxygen atoms in total. The zero-order valence-corrected chi connectivity index (χ0v) is 30.7. The van der Waals surface area contributed by atoms with Crippen molar-refractivity contribution in [1.82, 2.24) is 15.0 Å². The van der Waals surface area contributed by atoms with E-state index in [9.17, 15) is 0 Å². The van der Waals surface area contributed by atoms with Crippen LogP contribution in [0.3, 0.4) is 0 Å². The zero-order valence-electron chi connectivity index (χ0n) is 30.7. The van der Waals surface area contributed by atoms with Crippen molar-refractivity contribution >= 4 is 21.9 Å². The molecule has 0 saturated heterocycles. The summed E-state index contributed by atoms with van der Waals surface area (Å²) >= 11 is 0. The lowest BCUT2D eigenvalue weighted by Gasteiger charge is -2.13. The number of furan rings is 1. The van der Waals surface area contributed by atoms with Crippen LogP contribution < -0.4 is 0 Å². The summed E-state index contributed by atoms with van der Waals surface area (Å²) in [6.45, 7) is 2.11. The molecule has 0 aliphatic rings. The summed E-state index contributed by atoms with van der Waals surface area (Å²) in [6, 6.07) is 67.5. The largest absolute Gasteiger partial charge is 0.456 e. The fraction of sp³-hybridized carbons (Fsp3) is 0.0192. The molecule has 264 valence electrons. The molecule has 2 aromatic heterocycles. The summed E-state index contributed by atoms with van der Waals surface area (Å²) < 4.78 is 6.68. The highest BCUT2D eigenvalue weighted by molar-refractivity contribution is 6.14. The highest BCUT2D eigenvalue weighted by Crippen LogP contribution is 2.42. The Hall–Kier alpha value is -7.43. The minimum Gasteiger partial charge on any atom is -0.456 e. The normalized spacial score (nSPS) is 11.3. The predicted molar refractivity (Wildman–Crippen MR) is 230 cm³/mol. The van der Waals surface area contributed by atoms with Gasteiger partial charge in [-0.1, -0.05) is 181 Å². The fourth-order valence-electron chi connectivity index (χ4n) is 7.53. The number of benzene rings is 8. The van der Waals surface area contributed by atoms with E-state index in [0.29, 0.717) is 17.5 Å². The summed E-state index contributed by atoms with van der Waals surface area (Å²) in [5.41, 5.74) is 14.6. The molecule has 0 radical (unpaired) electrons. The lowest BCUT2D eigenvalue weighted by Crippen LogP contribution is -2.01. The zero-order chi connectivity index (χ0) is 37.4. The van der Waals surface area contributed by atoms with Crippen LogP contribution in [0.4, 0.5) is 0 Å². The predicted octanol–water partition coefficient (Wildman–Crippen LogP) is 13.7. The standard InChI is InChI=1S/C52H35N3O/c1-34-20-22-36(23-21-34)38-26-30-42(31-27-38)51-53-50(41-16-9-4-10-17-41)54-52(55-51)45-33-48-46(32-44(45)39-14-7-3-8-15-39)49-43(18-11-19-47(49)56-48)40-28-24-37(25-29-40)35-12-5-2-6-13-35/h2-33H,1H3. The number of fused-ring (bicyclic) bond motifs is 3. The van der Waals surface area contributed by atoms with E-state index in [-0.39, 0.29) is 0 Å². The van der Waals surface area contributed by atoms with Crippen molar-refractivity contribution in [3.63, 3.8) is 0 Å². The van der Waals surface area contributed by atoms with Gasteiger partial charge in [0.2, 0.25) is 0 Å². The Labute approximate surface area is 325 Å². The van der Waals surface area contributed by atoms with Gasteiger partial charge < -0.3 is 4.42 Å². The van der Waals surface area contributed by atoms with E-state index in [2.05, 4.69) is 153 Å². The van der Waals surface area contributed by atoms with Crippen molar-refractivity contribution in [3.8, 4) is 78.7 Å². The van der Waals surface area contributed by atoms with Crippen LogP contribution in [0.5, 0.6) is 0 Å². The van der Waals surface area contributed by atoms with Gasteiger partial charge in [-0.2, -0.15) is 0 Å². The molecule has 2 heterocycles. The Morgan fingerprint density at radius 2 is 0.768 bits per heavy atom. The van der Waals surface area contributed by atoms with Crippen molar-refractivity contribution in [3.05, 3.63) is 200 Å². The first-order valence-electron chi connectivity index (χ1n) is 18.8. The Morgan fingerprint density at radius 1 is 0.321 bits per heavy atom. The summed E-state index contributed by atoms with van der Waals surface area (Å²) in [4.78, 5) is 15.4. The maximum absolute atomic E-state index is 6.68. The lowest BCUT2D eigenvalue weighted by atomic mass is 9.93. The first kappa shape index (κ1) is 33.2. The molecule has 0 atom stereocenters. The Bertz CT molecular complexity index is 2970. The number of aromatic nitrogens is 3. The molecule has 0 bridgehead atoms. The first-order valence-corrected chi connectivity index (χ1v) is 18.8. The molecule has 10 rings (SSSR count). The molecule has 0 saturated carbocycles. The number of hydrogen-bond donors (Lipinski definition) is 0. The van der Waals surface area contributed by atoms with E-state index >= 15 is 0 Å². The van der Waals surface area contributed by atoms with Crippen LogP contribution in [0.15, 0.2) is 199 Å². The van der Waals surface area contributed by atoms with Crippen LogP contribution in [0.1, 0.15) is 5.56 Å². The highest BCUT2D eigenvalue weighted by Gasteiger charge is 2.21. The second-order valence-corrected chi connectivity index (χ2v) is 14.1. The highest BCUT2D eigenvalue weighted by atomic mass is 16.3. The Morgan fingerprint density at radius 3 is 1.38 bits per heavy atom. The lowest BCUT2D eigenvalue weighted by molar-refractivity contribution is 0.669. The van der Waals surface area contributed by atoms with Gasteiger partial charge in [0.05, 0.1) is 0 Å². The van der Waals surface area contributed by atoms with Gasteiger partial charge in [-0.05, 0) is 69.6 Å². The van der Waals surface area contributed by atoms with Gasteiger partial charge in [-0.15, -0.1) is 0 Å². The van der Waals surface area contributed by atoms with Crippen molar-refractivity contribution in [2.75, 3.05) is 0 Å². The summed E-state index contributed by atoms with van der Waals surface area (Å²) in [5, 5.41) is 2.11. The fourth-order valence-corrected chi connectivity index (χ4v) is 7.53. The van der Waals surface area contributed by atoms with E-state index in [0.717, 1.165) is 66.4 Å². The van der Waals surface area contributed by atoms with Crippen molar-refractivity contribution in [2.24, 2.45) is 0 Å². The van der Waals surface area contributed by atoms with E-state index in [1.165, 1.54) is 22.3 Å². The maximum Gasteiger partial charge on any atom is 0.164 e. The number of aryl methyl sites for hydroxylation is 1. The van der Waals surface area contributed by atoms with Gasteiger partial charge in [0.25, 0.3) is 0 Å². The Kier molecular flexibility index (Phi) is 8.34. The third-order valence-corrected chi connectivity index (χ3v) is 10.5. The van der Waals surface area contributed by atoms with Crippen molar-refractivity contribution in [1.29, 1.82) is 0 Å². The van der Waals surface area contributed by atoms with E-state index < -0.39 is 0 Å².